The smallest absolute Gasteiger partial charge is 0.160 e. The van der Waals surface area contributed by atoms with Gasteiger partial charge in [-0.3, -0.25) is 9.98 Å². The van der Waals surface area contributed by atoms with Crippen LogP contribution in [0.1, 0.15) is 57.5 Å². The summed E-state index contributed by atoms with van der Waals surface area (Å²) >= 11 is 1.90. The van der Waals surface area contributed by atoms with E-state index in [4.69, 9.17) is 4.99 Å². The van der Waals surface area contributed by atoms with Crippen molar-refractivity contribution in [3.8, 4) is 0 Å². The number of thioether (sulfide) groups is 1. The Morgan fingerprint density at radius 1 is 1.24 bits per heavy atom. The van der Waals surface area contributed by atoms with Crippen LogP contribution in [0.3, 0.4) is 0 Å². The van der Waals surface area contributed by atoms with Crippen molar-refractivity contribution in [2.45, 2.75) is 57.8 Å². The molecule has 0 aliphatic carbocycles. The van der Waals surface area contributed by atoms with Crippen molar-refractivity contribution in [3.63, 3.8) is 0 Å². The van der Waals surface area contributed by atoms with E-state index in [0.717, 1.165) is 17.9 Å². The van der Waals surface area contributed by atoms with Crippen LogP contribution >= 0.6 is 11.8 Å². The minimum absolute atomic E-state index is 0.0777. The molecule has 1 saturated heterocycles. The number of pyridine rings is 1. The Labute approximate surface area is 154 Å². The zero-order valence-electron chi connectivity index (χ0n) is 15.4. The van der Waals surface area contributed by atoms with E-state index in [1.165, 1.54) is 10.7 Å². The van der Waals surface area contributed by atoms with E-state index in [9.17, 15) is 0 Å². The number of fused-ring (bicyclic) bond motifs is 1. The van der Waals surface area contributed by atoms with Gasteiger partial charge in [0.25, 0.3) is 0 Å². The summed E-state index contributed by atoms with van der Waals surface area (Å²) in [7, 11) is 0. The number of hydrogen-bond acceptors (Lipinski definition) is 4. The summed E-state index contributed by atoms with van der Waals surface area (Å²) in [5, 5.41) is 1.19. The second-order valence-electron chi connectivity index (χ2n) is 7.86. The number of aromatic nitrogens is 2. The summed E-state index contributed by atoms with van der Waals surface area (Å²) in [5.41, 5.74) is 2.49. The van der Waals surface area contributed by atoms with Gasteiger partial charge in [0.2, 0.25) is 0 Å². The van der Waals surface area contributed by atoms with E-state index >= 15 is 0 Å². The van der Waals surface area contributed by atoms with Gasteiger partial charge in [0.15, 0.2) is 5.17 Å². The monoisotopic (exact) mass is 354 g/mol. The average molecular weight is 355 g/mol. The lowest BCUT2D eigenvalue weighted by molar-refractivity contribution is 0.254. The number of nitrogens with zero attached hydrogens (tertiary/aromatic N) is 4. The Morgan fingerprint density at radius 3 is 2.72 bits per heavy atom. The van der Waals surface area contributed by atoms with E-state index in [0.29, 0.717) is 6.04 Å². The number of rotatable bonds is 3. The fraction of sp³-hybridized carbons (Fsp3) is 0.500. The normalized spacial score (nSPS) is 26.0. The summed E-state index contributed by atoms with van der Waals surface area (Å²) in [5.74, 6) is 1.14. The SMILES string of the molecule is CC[C@@H]1CSC2=N[C@@H](c3ccccn3)[C@H](c3ccn(C(C)(C)C)c3)N21. The van der Waals surface area contributed by atoms with Gasteiger partial charge < -0.3 is 9.47 Å². The Hall–Kier alpha value is -1.75. The standard InChI is InChI=1S/C20H26N4S/c1-5-15-13-25-19-22-17(16-8-6-7-10-21-16)18(24(15)19)14-9-11-23(12-14)20(2,3)4/h6-12,15,17-18H,5,13H2,1-4H3/t15-,17+,18+/m1/s1. The average Bonchev–Trinajstić information content (AvgIpc) is 3.29. The molecule has 4 nitrogen and oxygen atoms in total. The maximum atomic E-state index is 5.08. The van der Waals surface area contributed by atoms with Crippen LogP contribution in [-0.2, 0) is 5.54 Å². The third-order valence-corrected chi connectivity index (χ3v) is 6.29. The highest BCUT2D eigenvalue weighted by atomic mass is 32.2. The third kappa shape index (κ3) is 2.88. The molecule has 2 aliphatic rings. The predicted octanol–water partition coefficient (Wildman–Crippen LogP) is 4.62. The summed E-state index contributed by atoms with van der Waals surface area (Å²) in [4.78, 5) is 12.2. The fourth-order valence-electron chi connectivity index (χ4n) is 3.71. The van der Waals surface area contributed by atoms with Gasteiger partial charge in [-0.2, -0.15) is 0 Å². The molecule has 0 saturated carbocycles. The highest BCUT2D eigenvalue weighted by Crippen LogP contribution is 2.48. The first kappa shape index (κ1) is 16.7. The highest BCUT2D eigenvalue weighted by Gasteiger charge is 2.45. The quantitative estimate of drug-likeness (QED) is 0.806. The van der Waals surface area contributed by atoms with Crippen LogP contribution in [0.4, 0.5) is 0 Å². The van der Waals surface area contributed by atoms with Gasteiger partial charge in [-0.25, -0.2) is 0 Å². The molecule has 0 spiro atoms. The fourth-order valence-corrected chi connectivity index (χ4v) is 5.05. The molecule has 1 fully saturated rings. The summed E-state index contributed by atoms with van der Waals surface area (Å²) in [6.07, 6.45) is 7.53. The lowest BCUT2D eigenvalue weighted by Crippen LogP contribution is -2.35. The van der Waals surface area contributed by atoms with E-state index < -0.39 is 0 Å². The Bertz CT molecular complexity index is 774. The highest BCUT2D eigenvalue weighted by molar-refractivity contribution is 8.14. The summed E-state index contributed by atoms with van der Waals surface area (Å²) < 4.78 is 2.31. The second-order valence-corrected chi connectivity index (χ2v) is 8.85. The third-order valence-electron chi connectivity index (χ3n) is 5.16. The van der Waals surface area contributed by atoms with E-state index in [2.05, 4.69) is 72.7 Å². The first-order chi connectivity index (χ1) is 12.0. The lowest BCUT2D eigenvalue weighted by Gasteiger charge is -2.31. The molecular weight excluding hydrogens is 328 g/mol. The first-order valence-electron chi connectivity index (χ1n) is 9.07. The first-order valence-corrected chi connectivity index (χ1v) is 10.1. The molecule has 0 N–H and O–H groups in total. The largest absolute Gasteiger partial charge is 0.349 e. The zero-order valence-corrected chi connectivity index (χ0v) is 16.2. The van der Waals surface area contributed by atoms with Crippen LogP contribution in [0.2, 0.25) is 0 Å². The van der Waals surface area contributed by atoms with Crippen molar-refractivity contribution < 1.29 is 0 Å². The van der Waals surface area contributed by atoms with Crippen LogP contribution in [0.25, 0.3) is 0 Å². The van der Waals surface area contributed by atoms with E-state index in [-0.39, 0.29) is 17.6 Å². The van der Waals surface area contributed by atoms with E-state index in [1.54, 1.807) is 0 Å². The Balaban J connectivity index is 1.76. The predicted molar refractivity (Wildman–Crippen MR) is 105 cm³/mol. The van der Waals surface area contributed by atoms with Crippen LogP contribution in [0.5, 0.6) is 0 Å². The Morgan fingerprint density at radius 2 is 2.08 bits per heavy atom. The molecule has 0 unspecified atom stereocenters. The summed E-state index contributed by atoms with van der Waals surface area (Å²) in [6, 6.07) is 9.29. The summed E-state index contributed by atoms with van der Waals surface area (Å²) in [6.45, 7) is 9.00. The van der Waals surface area contributed by atoms with Crippen LogP contribution in [0, 0.1) is 0 Å². The number of aliphatic imine (C=N–C) groups is 1. The molecule has 4 rings (SSSR count). The molecule has 2 aromatic rings. The van der Waals surface area contributed by atoms with Gasteiger partial charge in [-0.05, 0) is 51.0 Å². The zero-order chi connectivity index (χ0) is 17.6. The van der Waals surface area contributed by atoms with Crippen molar-refractivity contribution in [1.82, 2.24) is 14.5 Å². The second kappa shape index (κ2) is 6.20. The topological polar surface area (TPSA) is 33.4 Å². The van der Waals surface area contributed by atoms with Gasteiger partial charge in [0.1, 0.15) is 6.04 Å². The molecule has 0 aromatic carbocycles. The Kier molecular flexibility index (Phi) is 4.14. The minimum Gasteiger partial charge on any atom is -0.349 e. The van der Waals surface area contributed by atoms with Crippen molar-refractivity contribution in [2.24, 2.45) is 4.99 Å². The molecular formula is C20H26N4S. The van der Waals surface area contributed by atoms with Crippen LogP contribution in [0.15, 0.2) is 47.8 Å². The van der Waals surface area contributed by atoms with Crippen LogP contribution < -0.4 is 0 Å². The van der Waals surface area contributed by atoms with Gasteiger partial charge in [0.05, 0.1) is 11.7 Å². The van der Waals surface area contributed by atoms with Crippen molar-refractivity contribution in [2.75, 3.05) is 5.75 Å². The van der Waals surface area contributed by atoms with Gasteiger partial charge in [-0.1, -0.05) is 24.8 Å². The number of amidine groups is 1. The van der Waals surface area contributed by atoms with Crippen LogP contribution in [-0.4, -0.2) is 31.4 Å². The van der Waals surface area contributed by atoms with Gasteiger partial charge in [-0.15, -0.1) is 0 Å². The maximum Gasteiger partial charge on any atom is 0.160 e. The molecule has 2 aromatic heterocycles. The number of hydrogen-bond donors (Lipinski definition) is 0. The molecule has 2 aliphatic heterocycles. The van der Waals surface area contributed by atoms with Gasteiger partial charge >= 0.3 is 0 Å². The van der Waals surface area contributed by atoms with Crippen molar-refractivity contribution >= 4 is 16.9 Å². The molecule has 0 radical (unpaired) electrons. The molecule has 5 heteroatoms. The van der Waals surface area contributed by atoms with Crippen molar-refractivity contribution in [1.29, 1.82) is 0 Å². The lowest BCUT2D eigenvalue weighted by atomic mass is 9.97. The maximum absolute atomic E-state index is 5.08. The molecule has 4 heterocycles. The van der Waals surface area contributed by atoms with Crippen molar-refractivity contribution in [3.05, 3.63) is 54.1 Å². The molecule has 0 amide bonds. The van der Waals surface area contributed by atoms with Gasteiger partial charge in [0, 0.05) is 35.9 Å². The molecule has 132 valence electrons. The molecule has 25 heavy (non-hydrogen) atoms. The molecule has 0 bridgehead atoms. The molecule has 3 atom stereocenters. The minimum atomic E-state index is 0.0777. The van der Waals surface area contributed by atoms with E-state index in [1.807, 2.05) is 24.0 Å².